The summed E-state index contributed by atoms with van der Waals surface area (Å²) in [6.07, 6.45) is 1.22. The summed E-state index contributed by atoms with van der Waals surface area (Å²) in [7, 11) is 0. The maximum Gasteiger partial charge on any atom is 0.253 e. The molecule has 0 saturated carbocycles. The molecule has 2 heterocycles. The molecule has 0 unspecified atom stereocenters. The van der Waals surface area contributed by atoms with E-state index in [9.17, 15) is 4.79 Å². The zero-order chi connectivity index (χ0) is 13.4. The van der Waals surface area contributed by atoms with Crippen molar-refractivity contribution < 1.29 is 4.79 Å². The number of hydrogen-bond donors (Lipinski definition) is 0. The van der Waals surface area contributed by atoms with Crippen molar-refractivity contribution in [3.63, 3.8) is 0 Å². The number of hydrogen-bond acceptors (Lipinski definition) is 3. The van der Waals surface area contributed by atoms with Gasteiger partial charge < -0.3 is 4.90 Å². The smallest absolute Gasteiger partial charge is 0.253 e. The Morgan fingerprint density at radius 3 is 2.79 bits per heavy atom. The van der Waals surface area contributed by atoms with Gasteiger partial charge in [-0.25, -0.2) is 4.98 Å². The second-order valence-electron chi connectivity index (χ2n) is 5.69. The van der Waals surface area contributed by atoms with Crippen molar-refractivity contribution in [1.82, 2.24) is 9.88 Å². The van der Waals surface area contributed by atoms with Crippen LogP contribution in [0.5, 0.6) is 0 Å². The molecule has 19 heavy (non-hydrogen) atoms. The number of benzene rings is 1. The number of fused-ring (bicyclic) bond motifs is 1. The SMILES string of the molecule is C[C@@H]1C[C@@H](C)CN(C(=O)c2ccc3ncsc3c2)C1. The lowest BCUT2D eigenvalue weighted by atomic mass is 9.91. The fraction of sp³-hybridized carbons (Fsp3) is 0.467. The van der Waals surface area contributed by atoms with Gasteiger partial charge >= 0.3 is 0 Å². The summed E-state index contributed by atoms with van der Waals surface area (Å²) < 4.78 is 1.09. The van der Waals surface area contributed by atoms with Gasteiger partial charge in [0, 0.05) is 18.7 Å². The van der Waals surface area contributed by atoms with E-state index in [1.54, 1.807) is 11.3 Å². The zero-order valence-electron chi connectivity index (χ0n) is 11.3. The fourth-order valence-electron chi connectivity index (χ4n) is 3.00. The molecule has 1 fully saturated rings. The van der Waals surface area contributed by atoms with Crippen LogP contribution in [0.15, 0.2) is 23.7 Å². The molecule has 2 atom stereocenters. The highest BCUT2D eigenvalue weighted by molar-refractivity contribution is 7.16. The van der Waals surface area contributed by atoms with Crippen molar-refractivity contribution in [3.05, 3.63) is 29.3 Å². The molecule has 3 rings (SSSR count). The van der Waals surface area contributed by atoms with Crippen LogP contribution in [0.2, 0.25) is 0 Å². The molecule has 0 radical (unpaired) electrons. The summed E-state index contributed by atoms with van der Waals surface area (Å²) in [6, 6.07) is 5.81. The Bertz CT molecular complexity index is 597. The van der Waals surface area contributed by atoms with Crippen LogP contribution in [0.3, 0.4) is 0 Å². The van der Waals surface area contributed by atoms with Crippen LogP contribution in [-0.4, -0.2) is 28.9 Å². The summed E-state index contributed by atoms with van der Waals surface area (Å²) in [5, 5.41) is 0. The topological polar surface area (TPSA) is 33.2 Å². The van der Waals surface area contributed by atoms with E-state index in [0.29, 0.717) is 11.8 Å². The number of piperidine rings is 1. The summed E-state index contributed by atoms with van der Waals surface area (Å²) in [5.41, 5.74) is 3.59. The lowest BCUT2D eigenvalue weighted by molar-refractivity contribution is 0.0623. The van der Waals surface area contributed by atoms with E-state index in [1.807, 2.05) is 28.6 Å². The molecule has 2 aromatic rings. The minimum absolute atomic E-state index is 0.161. The van der Waals surface area contributed by atoms with E-state index in [0.717, 1.165) is 28.9 Å². The molecular formula is C15H18N2OS. The van der Waals surface area contributed by atoms with Crippen LogP contribution >= 0.6 is 11.3 Å². The first-order chi connectivity index (χ1) is 9.13. The van der Waals surface area contributed by atoms with E-state index < -0.39 is 0 Å². The van der Waals surface area contributed by atoms with Gasteiger partial charge in [0.15, 0.2) is 0 Å². The van der Waals surface area contributed by atoms with Crippen molar-refractivity contribution in [2.45, 2.75) is 20.3 Å². The van der Waals surface area contributed by atoms with Gasteiger partial charge in [-0.2, -0.15) is 0 Å². The normalized spacial score (nSPS) is 23.8. The van der Waals surface area contributed by atoms with Crippen molar-refractivity contribution in [3.8, 4) is 0 Å². The predicted octanol–water partition coefficient (Wildman–Crippen LogP) is 3.41. The molecule has 1 aromatic carbocycles. The van der Waals surface area contributed by atoms with Crippen molar-refractivity contribution >= 4 is 27.5 Å². The molecule has 1 amide bonds. The predicted molar refractivity (Wildman–Crippen MR) is 78.5 cm³/mol. The van der Waals surface area contributed by atoms with E-state index in [2.05, 4.69) is 18.8 Å². The monoisotopic (exact) mass is 274 g/mol. The van der Waals surface area contributed by atoms with Crippen LogP contribution in [0.1, 0.15) is 30.6 Å². The number of amides is 1. The molecule has 1 saturated heterocycles. The number of carbonyl (C=O) groups excluding carboxylic acids is 1. The quantitative estimate of drug-likeness (QED) is 0.798. The lowest BCUT2D eigenvalue weighted by Crippen LogP contribution is -2.42. The Labute approximate surface area is 117 Å². The summed E-state index contributed by atoms with van der Waals surface area (Å²) in [6.45, 7) is 6.21. The Morgan fingerprint density at radius 1 is 1.32 bits per heavy atom. The molecule has 1 aliphatic heterocycles. The Kier molecular flexibility index (Phi) is 3.27. The largest absolute Gasteiger partial charge is 0.338 e. The first-order valence-electron chi connectivity index (χ1n) is 6.76. The molecule has 1 aromatic heterocycles. The van der Waals surface area contributed by atoms with Gasteiger partial charge in [-0.1, -0.05) is 13.8 Å². The minimum atomic E-state index is 0.161. The molecule has 0 aliphatic carbocycles. The van der Waals surface area contributed by atoms with E-state index in [1.165, 1.54) is 6.42 Å². The van der Waals surface area contributed by atoms with Gasteiger partial charge in [-0.05, 0) is 36.5 Å². The first kappa shape index (κ1) is 12.6. The van der Waals surface area contributed by atoms with Gasteiger partial charge in [0.2, 0.25) is 0 Å². The summed E-state index contributed by atoms with van der Waals surface area (Å²) in [5.74, 6) is 1.35. The van der Waals surface area contributed by atoms with Gasteiger partial charge in [-0.3, -0.25) is 4.79 Å². The minimum Gasteiger partial charge on any atom is -0.338 e. The average molecular weight is 274 g/mol. The van der Waals surface area contributed by atoms with Gasteiger partial charge in [0.1, 0.15) is 0 Å². The lowest BCUT2D eigenvalue weighted by Gasteiger charge is -2.35. The summed E-state index contributed by atoms with van der Waals surface area (Å²) >= 11 is 1.58. The third-order valence-electron chi connectivity index (χ3n) is 3.73. The van der Waals surface area contributed by atoms with Crippen molar-refractivity contribution in [2.24, 2.45) is 11.8 Å². The number of aromatic nitrogens is 1. The summed E-state index contributed by atoms with van der Waals surface area (Å²) in [4.78, 5) is 18.8. The van der Waals surface area contributed by atoms with Gasteiger partial charge in [0.05, 0.1) is 15.7 Å². The second-order valence-corrected chi connectivity index (χ2v) is 6.58. The highest BCUT2D eigenvalue weighted by Crippen LogP contribution is 2.24. The Morgan fingerprint density at radius 2 is 2.05 bits per heavy atom. The number of thiazole rings is 1. The molecule has 100 valence electrons. The Balaban J connectivity index is 1.86. The number of likely N-dealkylation sites (tertiary alicyclic amines) is 1. The van der Waals surface area contributed by atoms with Crippen LogP contribution in [0.4, 0.5) is 0 Å². The van der Waals surface area contributed by atoms with Crippen molar-refractivity contribution in [2.75, 3.05) is 13.1 Å². The van der Waals surface area contributed by atoms with Gasteiger partial charge in [-0.15, -0.1) is 11.3 Å². The highest BCUT2D eigenvalue weighted by atomic mass is 32.1. The third kappa shape index (κ3) is 2.50. The third-order valence-corrected chi connectivity index (χ3v) is 4.53. The van der Waals surface area contributed by atoms with Crippen LogP contribution in [-0.2, 0) is 0 Å². The molecule has 0 bridgehead atoms. The number of rotatable bonds is 1. The number of carbonyl (C=O) groups is 1. The molecule has 3 nitrogen and oxygen atoms in total. The molecular weight excluding hydrogens is 256 g/mol. The van der Waals surface area contributed by atoms with Crippen molar-refractivity contribution in [1.29, 1.82) is 0 Å². The fourth-order valence-corrected chi connectivity index (χ4v) is 3.72. The standard InChI is InChI=1S/C15H18N2OS/c1-10-5-11(2)8-17(7-10)15(18)12-3-4-13-14(6-12)19-9-16-13/h3-4,6,9-11H,5,7-8H2,1-2H3/t10-,11-/m1/s1. The van der Waals surface area contributed by atoms with E-state index >= 15 is 0 Å². The van der Waals surface area contributed by atoms with Gasteiger partial charge in [0.25, 0.3) is 5.91 Å². The highest BCUT2D eigenvalue weighted by Gasteiger charge is 2.26. The number of nitrogens with zero attached hydrogens (tertiary/aromatic N) is 2. The zero-order valence-corrected chi connectivity index (χ0v) is 12.1. The van der Waals surface area contributed by atoms with Crippen LogP contribution in [0.25, 0.3) is 10.2 Å². The van der Waals surface area contributed by atoms with E-state index in [-0.39, 0.29) is 5.91 Å². The molecule has 0 spiro atoms. The Hall–Kier alpha value is -1.42. The maximum atomic E-state index is 12.6. The molecule has 4 heteroatoms. The average Bonchev–Trinajstić information content (AvgIpc) is 2.83. The first-order valence-corrected chi connectivity index (χ1v) is 7.64. The van der Waals surface area contributed by atoms with Crippen LogP contribution in [0, 0.1) is 11.8 Å². The molecule has 1 aliphatic rings. The molecule has 0 N–H and O–H groups in total. The van der Waals surface area contributed by atoms with E-state index in [4.69, 9.17) is 0 Å². The second kappa shape index (κ2) is 4.93. The van der Waals surface area contributed by atoms with Crippen LogP contribution < -0.4 is 0 Å². The maximum absolute atomic E-state index is 12.6.